The van der Waals surface area contributed by atoms with Crippen LogP contribution in [0.25, 0.3) is 0 Å². The Morgan fingerprint density at radius 3 is 2.70 bits per heavy atom. The fourth-order valence-electron chi connectivity index (χ4n) is 3.72. The van der Waals surface area contributed by atoms with Gasteiger partial charge in [-0.15, -0.1) is 0 Å². The maximum atomic E-state index is 12.3. The molecule has 8 heteroatoms. The number of fused-ring (bicyclic) bond motifs is 1. The normalized spacial score (nSPS) is 13.7. The minimum Gasteiger partial charge on any atom is -0.444 e. The second-order valence-corrected chi connectivity index (χ2v) is 9.48. The lowest BCUT2D eigenvalue weighted by Gasteiger charge is -2.32. The summed E-state index contributed by atoms with van der Waals surface area (Å²) < 4.78 is 5.43. The van der Waals surface area contributed by atoms with E-state index in [4.69, 9.17) is 4.74 Å². The van der Waals surface area contributed by atoms with E-state index in [0.29, 0.717) is 18.8 Å². The highest BCUT2D eigenvalue weighted by atomic mass is 16.6. The van der Waals surface area contributed by atoms with E-state index in [9.17, 15) is 9.59 Å². The lowest BCUT2D eigenvalue weighted by molar-refractivity contribution is 0.0281. The molecule has 2 aromatic rings. The number of carbonyl (C=O) groups is 2. The molecule has 1 aromatic carbocycles. The standard InChI is InChI=1S/C25H35N5O3/c1-18-9-10-21(16-26-18)28-23(31)27-15-19-7-6-8-20-17-30(12-11-22(19)20)14-13-29(5)24(32)33-25(2,3)4/h6-10,16H,11-15,17H2,1-5H3,(H2,27,28,31). The Kier molecular flexibility index (Phi) is 7.92. The third-order valence-electron chi connectivity index (χ3n) is 5.51. The summed E-state index contributed by atoms with van der Waals surface area (Å²) in [7, 11) is 1.77. The lowest BCUT2D eigenvalue weighted by atomic mass is 9.94. The number of carbonyl (C=O) groups excluding carboxylic acids is 2. The van der Waals surface area contributed by atoms with Crippen molar-refractivity contribution in [2.75, 3.05) is 32.0 Å². The number of ether oxygens (including phenoxy) is 1. The summed E-state index contributed by atoms with van der Waals surface area (Å²) in [5, 5.41) is 5.76. The quantitative estimate of drug-likeness (QED) is 0.692. The number of anilines is 1. The largest absolute Gasteiger partial charge is 0.444 e. The predicted molar refractivity (Wildman–Crippen MR) is 129 cm³/mol. The van der Waals surface area contributed by atoms with E-state index in [1.165, 1.54) is 11.1 Å². The van der Waals surface area contributed by atoms with Crippen molar-refractivity contribution in [3.05, 3.63) is 58.9 Å². The number of nitrogens with zero attached hydrogens (tertiary/aromatic N) is 3. The van der Waals surface area contributed by atoms with Gasteiger partial charge in [-0.3, -0.25) is 9.88 Å². The molecule has 3 amide bonds. The number of likely N-dealkylation sites (N-methyl/N-ethyl adjacent to an activating group) is 1. The highest BCUT2D eigenvalue weighted by Crippen LogP contribution is 2.23. The molecule has 1 aromatic heterocycles. The summed E-state index contributed by atoms with van der Waals surface area (Å²) >= 11 is 0. The van der Waals surface area contributed by atoms with Gasteiger partial charge in [0.25, 0.3) is 0 Å². The zero-order valence-corrected chi connectivity index (χ0v) is 20.3. The van der Waals surface area contributed by atoms with Crippen LogP contribution in [0.3, 0.4) is 0 Å². The van der Waals surface area contributed by atoms with Crippen LogP contribution < -0.4 is 10.6 Å². The number of amides is 3. The Hall–Kier alpha value is -3.13. The Labute approximate surface area is 196 Å². The molecule has 0 unspecified atom stereocenters. The number of nitrogens with one attached hydrogen (secondary N) is 2. The average Bonchev–Trinajstić information content (AvgIpc) is 2.76. The zero-order chi connectivity index (χ0) is 24.0. The average molecular weight is 454 g/mol. The van der Waals surface area contributed by atoms with Crippen molar-refractivity contribution in [1.29, 1.82) is 0 Å². The second-order valence-electron chi connectivity index (χ2n) is 9.48. The van der Waals surface area contributed by atoms with Crippen molar-refractivity contribution in [3.63, 3.8) is 0 Å². The molecule has 0 atom stereocenters. The van der Waals surface area contributed by atoms with Crippen molar-refractivity contribution in [2.45, 2.75) is 52.8 Å². The summed E-state index contributed by atoms with van der Waals surface area (Å²) in [6.45, 7) is 11.1. The van der Waals surface area contributed by atoms with Crippen molar-refractivity contribution in [1.82, 2.24) is 20.1 Å². The smallest absolute Gasteiger partial charge is 0.410 e. The van der Waals surface area contributed by atoms with E-state index in [1.54, 1.807) is 18.1 Å². The van der Waals surface area contributed by atoms with Crippen molar-refractivity contribution in [2.24, 2.45) is 0 Å². The van der Waals surface area contributed by atoms with E-state index in [1.807, 2.05) is 45.9 Å². The molecule has 1 aliphatic heterocycles. The summed E-state index contributed by atoms with van der Waals surface area (Å²) in [4.78, 5) is 32.6. The summed E-state index contributed by atoms with van der Waals surface area (Å²) in [6, 6.07) is 9.69. The van der Waals surface area contributed by atoms with Crippen LogP contribution in [0.5, 0.6) is 0 Å². The first-order valence-corrected chi connectivity index (χ1v) is 11.3. The molecule has 0 saturated carbocycles. The van der Waals surface area contributed by atoms with E-state index in [2.05, 4.69) is 32.7 Å². The molecular formula is C25H35N5O3. The highest BCUT2D eigenvalue weighted by Gasteiger charge is 2.22. The van der Waals surface area contributed by atoms with Crippen LogP contribution in [0.15, 0.2) is 36.5 Å². The van der Waals surface area contributed by atoms with E-state index < -0.39 is 5.60 Å². The maximum Gasteiger partial charge on any atom is 0.410 e. The number of pyridine rings is 1. The second kappa shape index (κ2) is 10.7. The number of benzene rings is 1. The number of aryl methyl sites for hydroxylation is 1. The molecule has 33 heavy (non-hydrogen) atoms. The molecule has 0 radical (unpaired) electrons. The van der Waals surface area contributed by atoms with E-state index >= 15 is 0 Å². The van der Waals surface area contributed by atoms with Crippen LogP contribution in [0, 0.1) is 6.92 Å². The fourth-order valence-corrected chi connectivity index (χ4v) is 3.72. The van der Waals surface area contributed by atoms with Crippen molar-refractivity contribution < 1.29 is 14.3 Å². The zero-order valence-electron chi connectivity index (χ0n) is 20.3. The Bertz CT molecular complexity index is 969. The van der Waals surface area contributed by atoms with E-state index in [-0.39, 0.29) is 12.1 Å². The Balaban J connectivity index is 1.50. The SMILES string of the molecule is Cc1ccc(NC(=O)NCc2cccc3c2CCN(CCN(C)C(=O)OC(C)(C)C)C3)cn1. The fraction of sp³-hybridized carbons (Fsp3) is 0.480. The topological polar surface area (TPSA) is 86.8 Å². The van der Waals surface area contributed by atoms with E-state index in [0.717, 1.165) is 37.3 Å². The number of hydrogen-bond donors (Lipinski definition) is 2. The minimum atomic E-state index is -0.492. The number of hydrogen-bond acceptors (Lipinski definition) is 5. The first kappa shape index (κ1) is 24.5. The molecule has 0 spiro atoms. The lowest BCUT2D eigenvalue weighted by Crippen LogP contribution is -2.41. The monoisotopic (exact) mass is 453 g/mol. The predicted octanol–water partition coefficient (Wildman–Crippen LogP) is 3.94. The molecule has 2 N–H and O–H groups in total. The van der Waals surface area contributed by atoms with Crippen LogP contribution >= 0.6 is 0 Å². The minimum absolute atomic E-state index is 0.249. The molecule has 2 heterocycles. The Morgan fingerprint density at radius 1 is 1.21 bits per heavy atom. The first-order chi connectivity index (χ1) is 15.6. The first-order valence-electron chi connectivity index (χ1n) is 11.3. The van der Waals surface area contributed by atoms with Crippen LogP contribution in [-0.2, 0) is 24.2 Å². The summed E-state index contributed by atoms with van der Waals surface area (Å²) in [6.07, 6.45) is 2.26. The van der Waals surface area contributed by atoms with Gasteiger partial charge in [-0.1, -0.05) is 18.2 Å². The summed E-state index contributed by atoms with van der Waals surface area (Å²) in [5.41, 5.74) is 4.78. The molecule has 0 aliphatic carbocycles. The number of urea groups is 1. The van der Waals surface area contributed by atoms with Crippen LogP contribution in [0.4, 0.5) is 15.3 Å². The molecule has 178 valence electrons. The van der Waals surface area contributed by atoms with Gasteiger partial charge < -0.3 is 20.3 Å². The molecule has 0 saturated heterocycles. The molecule has 8 nitrogen and oxygen atoms in total. The van der Waals surface area contributed by atoms with Gasteiger partial charge in [0, 0.05) is 45.5 Å². The van der Waals surface area contributed by atoms with Gasteiger partial charge >= 0.3 is 12.1 Å². The van der Waals surface area contributed by atoms with Crippen LogP contribution in [-0.4, -0.2) is 59.2 Å². The molecule has 3 rings (SSSR count). The molecule has 0 bridgehead atoms. The van der Waals surface area contributed by atoms with Crippen LogP contribution in [0.1, 0.15) is 43.2 Å². The van der Waals surface area contributed by atoms with Gasteiger partial charge in [0.1, 0.15) is 5.60 Å². The molecule has 1 aliphatic rings. The number of rotatable bonds is 6. The van der Waals surface area contributed by atoms with Gasteiger partial charge in [0.15, 0.2) is 0 Å². The van der Waals surface area contributed by atoms with Gasteiger partial charge in [0.05, 0.1) is 11.9 Å². The number of aromatic nitrogens is 1. The maximum absolute atomic E-state index is 12.3. The summed E-state index contributed by atoms with van der Waals surface area (Å²) in [5.74, 6) is 0. The third-order valence-corrected chi connectivity index (χ3v) is 5.51. The van der Waals surface area contributed by atoms with Crippen LogP contribution in [0.2, 0.25) is 0 Å². The molecule has 0 fully saturated rings. The van der Waals surface area contributed by atoms with Gasteiger partial charge in [0.2, 0.25) is 0 Å². The van der Waals surface area contributed by atoms with Crippen molar-refractivity contribution in [3.8, 4) is 0 Å². The molecular weight excluding hydrogens is 418 g/mol. The third kappa shape index (κ3) is 7.46. The van der Waals surface area contributed by atoms with Gasteiger partial charge in [-0.2, -0.15) is 0 Å². The highest BCUT2D eigenvalue weighted by molar-refractivity contribution is 5.88. The van der Waals surface area contributed by atoms with Gasteiger partial charge in [-0.05, 0) is 62.9 Å². The van der Waals surface area contributed by atoms with Crippen molar-refractivity contribution >= 4 is 17.8 Å². The Morgan fingerprint density at radius 2 is 2.00 bits per heavy atom. The van der Waals surface area contributed by atoms with Gasteiger partial charge in [-0.25, -0.2) is 9.59 Å².